The Morgan fingerprint density at radius 2 is 1.81 bits per heavy atom. The standard InChI is InChI=1S/C12H19N3O/c1-4-11-5-13-12(14-6-11)15-7-9(2)16-10(3)8-15/h5-6,9-10H,4,7-8H2,1-3H3. The van der Waals surface area contributed by atoms with Gasteiger partial charge in [0.15, 0.2) is 0 Å². The Bertz CT molecular complexity index is 329. The van der Waals surface area contributed by atoms with Crippen molar-refractivity contribution in [3.63, 3.8) is 0 Å². The number of ether oxygens (including phenoxy) is 1. The van der Waals surface area contributed by atoms with Gasteiger partial charge >= 0.3 is 0 Å². The van der Waals surface area contributed by atoms with E-state index in [-0.39, 0.29) is 12.2 Å². The van der Waals surface area contributed by atoms with Crippen molar-refractivity contribution in [1.29, 1.82) is 0 Å². The van der Waals surface area contributed by atoms with Gasteiger partial charge in [-0.2, -0.15) is 0 Å². The maximum absolute atomic E-state index is 5.69. The Morgan fingerprint density at radius 1 is 1.25 bits per heavy atom. The van der Waals surface area contributed by atoms with Gasteiger partial charge in [-0.15, -0.1) is 0 Å². The first-order valence-electron chi connectivity index (χ1n) is 5.90. The van der Waals surface area contributed by atoms with Crippen molar-refractivity contribution in [2.24, 2.45) is 0 Å². The van der Waals surface area contributed by atoms with Gasteiger partial charge in [-0.25, -0.2) is 9.97 Å². The SMILES string of the molecule is CCc1cnc(N2CC(C)OC(C)C2)nc1. The molecule has 4 nitrogen and oxygen atoms in total. The predicted molar refractivity (Wildman–Crippen MR) is 63.6 cm³/mol. The molecule has 1 aromatic heterocycles. The third kappa shape index (κ3) is 2.50. The zero-order chi connectivity index (χ0) is 11.5. The summed E-state index contributed by atoms with van der Waals surface area (Å²) >= 11 is 0. The summed E-state index contributed by atoms with van der Waals surface area (Å²) in [4.78, 5) is 11.0. The van der Waals surface area contributed by atoms with Crippen molar-refractivity contribution >= 4 is 5.95 Å². The number of anilines is 1. The Hall–Kier alpha value is -1.16. The maximum atomic E-state index is 5.69. The lowest BCUT2D eigenvalue weighted by Gasteiger charge is -2.35. The summed E-state index contributed by atoms with van der Waals surface area (Å²) in [5.41, 5.74) is 1.18. The first-order valence-corrected chi connectivity index (χ1v) is 5.90. The van der Waals surface area contributed by atoms with Crippen LogP contribution in [-0.4, -0.2) is 35.3 Å². The molecular weight excluding hydrogens is 202 g/mol. The van der Waals surface area contributed by atoms with E-state index in [1.54, 1.807) is 0 Å². The summed E-state index contributed by atoms with van der Waals surface area (Å²) in [5, 5.41) is 0. The molecule has 1 aromatic rings. The summed E-state index contributed by atoms with van der Waals surface area (Å²) in [5.74, 6) is 0.819. The molecule has 1 aliphatic heterocycles. The summed E-state index contributed by atoms with van der Waals surface area (Å²) in [7, 11) is 0. The molecule has 0 bridgehead atoms. The maximum Gasteiger partial charge on any atom is 0.225 e. The Morgan fingerprint density at radius 3 is 2.31 bits per heavy atom. The molecule has 0 N–H and O–H groups in total. The highest BCUT2D eigenvalue weighted by atomic mass is 16.5. The largest absolute Gasteiger partial charge is 0.372 e. The van der Waals surface area contributed by atoms with E-state index in [4.69, 9.17) is 4.74 Å². The molecular formula is C12H19N3O. The van der Waals surface area contributed by atoms with Gasteiger partial charge in [0.05, 0.1) is 12.2 Å². The molecule has 1 fully saturated rings. The zero-order valence-corrected chi connectivity index (χ0v) is 10.2. The molecule has 2 rings (SSSR count). The van der Waals surface area contributed by atoms with E-state index in [0.717, 1.165) is 25.5 Å². The van der Waals surface area contributed by atoms with E-state index in [2.05, 4.69) is 35.6 Å². The van der Waals surface area contributed by atoms with Crippen LogP contribution < -0.4 is 4.90 Å². The highest BCUT2D eigenvalue weighted by Gasteiger charge is 2.23. The van der Waals surface area contributed by atoms with Crippen LogP contribution >= 0.6 is 0 Å². The van der Waals surface area contributed by atoms with Crippen molar-refractivity contribution in [2.45, 2.75) is 39.4 Å². The normalized spacial score (nSPS) is 25.8. The molecule has 1 saturated heterocycles. The highest BCUT2D eigenvalue weighted by molar-refractivity contribution is 5.31. The third-order valence-electron chi connectivity index (χ3n) is 2.80. The minimum atomic E-state index is 0.248. The number of rotatable bonds is 2. The molecule has 0 saturated carbocycles. The summed E-state index contributed by atoms with van der Waals surface area (Å²) < 4.78 is 5.69. The second-order valence-electron chi connectivity index (χ2n) is 4.41. The molecule has 0 amide bonds. The van der Waals surface area contributed by atoms with E-state index in [0.29, 0.717) is 0 Å². The molecule has 0 spiro atoms. The molecule has 2 unspecified atom stereocenters. The number of nitrogens with zero attached hydrogens (tertiary/aromatic N) is 3. The second kappa shape index (κ2) is 4.78. The highest BCUT2D eigenvalue weighted by Crippen LogP contribution is 2.16. The van der Waals surface area contributed by atoms with Crippen LogP contribution in [0.15, 0.2) is 12.4 Å². The lowest BCUT2D eigenvalue weighted by atomic mass is 10.2. The minimum Gasteiger partial charge on any atom is -0.372 e. The van der Waals surface area contributed by atoms with Crippen LogP contribution in [0.1, 0.15) is 26.3 Å². The number of aryl methyl sites for hydroxylation is 1. The first-order chi connectivity index (χ1) is 7.69. The zero-order valence-electron chi connectivity index (χ0n) is 10.2. The molecule has 0 aromatic carbocycles. The Balaban J connectivity index is 2.10. The minimum absolute atomic E-state index is 0.248. The first kappa shape index (κ1) is 11.3. The van der Waals surface area contributed by atoms with Gasteiger partial charge in [0, 0.05) is 25.5 Å². The van der Waals surface area contributed by atoms with Gasteiger partial charge in [0.1, 0.15) is 0 Å². The van der Waals surface area contributed by atoms with Crippen molar-refractivity contribution in [2.75, 3.05) is 18.0 Å². The lowest BCUT2D eigenvalue weighted by Crippen LogP contribution is -2.46. The Kier molecular flexibility index (Phi) is 3.39. The molecule has 88 valence electrons. The molecule has 4 heteroatoms. The average molecular weight is 221 g/mol. The topological polar surface area (TPSA) is 38.2 Å². The fourth-order valence-electron chi connectivity index (χ4n) is 2.04. The molecule has 0 radical (unpaired) electrons. The second-order valence-corrected chi connectivity index (χ2v) is 4.41. The molecule has 16 heavy (non-hydrogen) atoms. The van der Waals surface area contributed by atoms with Gasteiger partial charge in [0.2, 0.25) is 5.95 Å². The number of morpholine rings is 1. The van der Waals surface area contributed by atoms with E-state index in [1.807, 2.05) is 12.4 Å². The number of hydrogen-bond acceptors (Lipinski definition) is 4. The fraction of sp³-hybridized carbons (Fsp3) is 0.667. The summed E-state index contributed by atoms with van der Waals surface area (Å²) in [6.07, 6.45) is 5.30. The van der Waals surface area contributed by atoms with E-state index in [1.165, 1.54) is 5.56 Å². The van der Waals surface area contributed by atoms with Gasteiger partial charge in [-0.1, -0.05) is 6.92 Å². The van der Waals surface area contributed by atoms with Crippen molar-refractivity contribution < 1.29 is 4.74 Å². The van der Waals surface area contributed by atoms with Crippen LogP contribution in [0.25, 0.3) is 0 Å². The van der Waals surface area contributed by atoms with Crippen molar-refractivity contribution in [1.82, 2.24) is 9.97 Å². The fourth-order valence-corrected chi connectivity index (χ4v) is 2.04. The van der Waals surface area contributed by atoms with E-state index < -0.39 is 0 Å². The monoisotopic (exact) mass is 221 g/mol. The number of aromatic nitrogens is 2. The van der Waals surface area contributed by atoms with Crippen LogP contribution in [0.4, 0.5) is 5.95 Å². The smallest absolute Gasteiger partial charge is 0.225 e. The van der Waals surface area contributed by atoms with Crippen molar-refractivity contribution in [3.8, 4) is 0 Å². The van der Waals surface area contributed by atoms with E-state index >= 15 is 0 Å². The van der Waals surface area contributed by atoms with Gasteiger partial charge in [0.25, 0.3) is 0 Å². The summed E-state index contributed by atoms with van der Waals surface area (Å²) in [6, 6.07) is 0. The van der Waals surface area contributed by atoms with Crippen LogP contribution in [0.5, 0.6) is 0 Å². The third-order valence-corrected chi connectivity index (χ3v) is 2.80. The summed E-state index contributed by atoms with van der Waals surface area (Å²) in [6.45, 7) is 8.02. The number of hydrogen-bond donors (Lipinski definition) is 0. The van der Waals surface area contributed by atoms with Gasteiger partial charge in [-0.05, 0) is 25.8 Å². The predicted octanol–water partition coefficient (Wildman–Crippen LogP) is 1.65. The molecule has 0 aliphatic carbocycles. The quantitative estimate of drug-likeness (QED) is 0.761. The van der Waals surface area contributed by atoms with Gasteiger partial charge < -0.3 is 9.64 Å². The van der Waals surface area contributed by atoms with E-state index in [9.17, 15) is 0 Å². The van der Waals surface area contributed by atoms with Gasteiger partial charge in [-0.3, -0.25) is 0 Å². The van der Waals surface area contributed by atoms with Crippen LogP contribution in [0.3, 0.4) is 0 Å². The lowest BCUT2D eigenvalue weighted by molar-refractivity contribution is -0.00572. The van der Waals surface area contributed by atoms with Crippen molar-refractivity contribution in [3.05, 3.63) is 18.0 Å². The molecule has 2 heterocycles. The van der Waals surface area contributed by atoms with Crippen LogP contribution in [-0.2, 0) is 11.2 Å². The van der Waals surface area contributed by atoms with Crippen LogP contribution in [0.2, 0.25) is 0 Å². The Labute approximate surface area is 96.7 Å². The average Bonchev–Trinajstić information content (AvgIpc) is 2.28. The molecule has 1 aliphatic rings. The van der Waals surface area contributed by atoms with Crippen LogP contribution in [0, 0.1) is 0 Å². The molecule has 2 atom stereocenters.